The first-order chi connectivity index (χ1) is 14.6. The number of β-lactam (4-membered cyclic amide) rings is 1. The quantitative estimate of drug-likeness (QED) is 0.240. The molecule has 2 aliphatic heterocycles. The smallest absolute Gasteiger partial charge is 0.356 e. The lowest BCUT2D eigenvalue weighted by Gasteiger charge is -2.50. The second-order valence-electron chi connectivity index (χ2n) is 9.30. The van der Waals surface area contributed by atoms with Gasteiger partial charge in [-0.1, -0.05) is 45.2 Å². The average molecular weight is 461 g/mol. The van der Waals surface area contributed by atoms with Crippen molar-refractivity contribution in [3.63, 3.8) is 0 Å². The number of nitrogens with zero attached hydrogens (tertiary/aromatic N) is 2. The van der Waals surface area contributed by atoms with Gasteiger partial charge in [-0.05, 0) is 36.6 Å². The van der Waals surface area contributed by atoms with Crippen molar-refractivity contribution < 1.29 is 18.8 Å². The number of pyridine rings is 1. The van der Waals surface area contributed by atoms with Gasteiger partial charge in [-0.2, -0.15) is 0 Å². The first kappa shape index (κ1) is 23.8. The molecule has 31 heavy (non-hydrogen) atoms. The van der Waals surface area contributed by atoms with Crippen molar-refractivity contribution in [3.8, 4) is 0 Å². The van der Waals surface area contributed by atoms with Crippen LogP contribution >= 0.6 is 11.8 Å². The summed E-state index contributed by atoms with van der Waals surface area (Å²) < 4.78 is 11.4. The molecule has 2 aliphatic rings. The zero-order valence-electron chi connectivity index (χ0n) is 19.0. The highest BCUT2D eigenvalue weighted by Gasteiger charge is 2.59. The molecule has 0 radical (unpaired) electrons. The number of hydrogen-bond donors (Lipinski definition) is 0. The van der Waals surface area contributed by atoms with Gasteiger partial charge in [0.25, 0.3) is 0 Å². The largest absolute Gasteiger partial charge is 0.457 e. The van der Waals surface area contributed by atoms with Crippen LogP contribution in [0, 0.1) is 17.3 Å². The van der Waals surface area contributed by atoms with Gasteiger partial charge in [0.05, 0.1) is 12.0 Å². The summed E-state index contributed by atoms with van der Waals surface area (Å²) in [4.78, 5) is 33.8. The molecule has 8 heteroatoms. The molecule has 1 aromatic heterocycles. The predicted octanol–water partition coefficient (Wildman–Crippen LogP) is 4.01. The standard InChI is InChI=1S/C23H32N2O4SSi/c1-7-12-28-22(27)20-18(30-15-8-10-24-11-9-15)13-17-19(21(26)25(17)20)16(23(2,3)4)14-29-31(5)6/h7-11,16-17,19,31H,1,12-14H2,2-6H3/t16-,17-,19+/m1/s1. The van der Waals surface area contributed by atoms with E-state index in [0.29, 0.717) is 18.7 Å². The van der Waals surface area contributed by atoms with Crippen LogP contribution in [0.25, 0.3) is 0 Å². The Labute approximate surface area is 190 Å². The van der Waals surface area contributed by atoms with Gasteiger partial charge >= 0.3 is 5.97 Å². The second-order valence-corrected chi connectivity index (χ2v) is 12.9. The van der Waals surface area contributed by atoms with Gasteiger partial charge in [0.2, 0.25) is 5.91 Å². The fourth-order valence-electron chi connectivity index (χ4n) is 4.16. The molecular weight excluding hydrogens is 428 g/mol. The molecule has 1 aromatic rings. The topological polar surface area (TPSA) is 68.7 Å². The zero-order chi connectivity index (χ0) is 22.8. The summed E-state index contributed by atoms with van der Waals surface area (Å²) in [6.45, 7) is 15.1. The minimum atomic E-state index is -1.21. The van der Waals surface area contributed by atoms with Crippen LogP contribution in [-0.4, -0.2) is 50.1 Å². The number of hydrogen-bond acceptors (Lipinski definition) is 6. The number of carbonyl (C=O) groups is 2. The third kappa shape index (κ3) is 5.13. The van der Waals surface area contributed by atoms with Gasteiger partial charge in [0.15, 0.2) is 9.04 Å². The first-order valence-corrected chi connectivity index (χ1v) is 14.3. The monoisotopic (exact) mass is 460 g/mol. The van der Waals surface area contributed by atoms with E-state index in [2.05, 4.69) is 45.4 Å². The van der Waals surface area contributed by atoms with E-state index < -0.39 is 15.0 Å². The van der Waals surface area contributed by atoms with Crippen molar-refractivity contribution in [2.24, 2.45) is 17.3 Å². The van der Waals surface area contributed by atoms with E-state index in [1.165, 1.54) is 17.8 Å². The molecule has 0 aromatic carbocycles. The summed E-state index contributed by atoms with van der Waals surface area (Å²) in [6, 6.07) is 3.76. The summed E-state index contributed by atoms with van der Waals surface area (Å²) in [6.07, 6.45) is 5.62. The lowest BCUT2D eigenvalue weighted by Crippen LogP contribution is -2.63. The van der Waals surface area contributed by atoms with Crippen LogP contribution < -0.4 is 0 Å². The number of thioether (sulfide) groups is 1. The molecule has 0 spiro atoms. The van der Waals surface area contributed by atoms with Crippen LogP contribution in [0.5, 0.6) is 0 Å². The Hall–Kier alpha value is -1.90. The van der Waals surface area contributed by atoms with Crippen molar-refractivity contribution >= 4 is 32.7 Å². The zero-order valence-corrected chi connectivity index (χ0v) is 20.9. The maximum atomic E-state index is 13.4. The van der Waals surface area contributed by atoms with Crippen molar-refractivity contribution in [2.45, 2.75) is 51.2 Å². The summed E-state index contributed by atoms with van der Waals surface area (Å²) in [5.74, 6) is -0.545. The second kappa shape index (κ2) is 9.71. The van der Waals surface area contributed by atoms with E-state index in [1.54, 1.807) is 17.3 Å². The van der Waals surface area contributed by atoms with Gasteiger partial charge in [-0.3, -0.25) is 9.78 Å². The lowest BCUT2D eigenvalue weighted by molar-refractivity contribution is -0.163. The number of amides is 1. The van der Waals surface area contributed by atoms with E-state index in [-0.39, 0.29) is 35.8 Å². The maximum absolute atomic E-state index is 13.4. The SMILES string of the molecule is C=CCOC(=O)C1=C(Sc2ccncc2)C[C@@H]2[C@H]([C@@H](CO[SiH](C)C)C(C)(C)C)C(=O)N12. The Balaban J connectivity index is 1.88. The molecule has 1 amide bonds. The molecular formula is C23H32N2O4SSi. The molecule has 168 valence electrons. The molecule has 0 saturated carbocycles. The number of fused-ring (bicyclic) bond motifs is 1. The number of aromatic nitrogens is 1. The molecule has 0 N–H and O–H groups in total. The Bertz CT molecular complexity index is 866. The van der Waals surface area contributed by atoms with Crippen molar-refractivity contribution in [2.75, 3.05) is 13.2 Å². The van der Waals surface area contributed by atoms with Crippen molar-refractivity contribution in [1.29, 1.82) is 0 Å². The molecule has 0 bridgehead atoms. The van der Waals surface area contributed by atoms with Gasteiger partial charge in [0, 0.05) is 35.2 Å². The van der Waals surface area contributed by atoms with E-state index >= 15 is 0 Å². The molecule has 0 aliphatic carbocycles. The van der Waals surface area contributed by atoms with Crippen LogP contribution in [0.2, 0.25) is 13.1 Å². The van der Waals surface area contributed by atoms with Gasteiger partial charge in [-0.25, -0.2) is 4.79 Å². The van der Waals surface area contributed by atoms with Crippen LogP contribution in [0.15, 0.2) is 52.7 Å². The van der Waals surface area contributed by atoms with Gasteiger partial charge in [0.1, 0.15) is 12.3 Å². The Morgan fingerprint density at radius 2 is 2.06 bits per heavy atom. The molecule has 3 rings (SSSR count). The Morgan fingerprint density at radius 3 is 2.65 bits per heavy atom. The highest BCUT2D eigenvalue weighted by atomic mass is 32.2. The highest BCUT2D eigenvalue weighted by molar-refractivity contribution is 8.03. The van der Waals surface area contributed by atoms with E-state index in [1.807, 2.05) is 12.1 Å². The third-order valence-corrected chi connectivity index (χ3v) is 7.71. The van der Waals surface area contributed by atoms with Crippen LogP contribution in [0.3, 0.4) is 0 Å². The van der Waals surface area contributed by atoms with Crippen LogP contribution in [-0.2, 0) is 18.8 Å². The molecule has 3 heterocycles. The summed E-state index contributed by atoms with van der Waals surface area (Å²) in [5.41, 5.74) is 0.293. The number of rotatable bonds is 9. The van der Waals surface area contributed by atoms with E-state index in [0.717, 1.165) is 9.80 Å². The minimum Gasteiger partial charge on any atom is -0.457 e. The van der Waals surface area contributed by atoms with Crippen LogP contribution in [0.4, 0.5) is 0 Å². The molecule has 0 unspecified atom stereocenters. The fraction of sp³-hybridized carbons (Fsp3) is 0.522. The fourth-order valence-corrected chi connectivity index (χ4v) is 5.83. The molecule has 1 saturated heterocycles. The lowest BCUT2D eigenvalue weighted by atomic mass is 9.66. The van der Waals surface area contributed by atoms with Crippen LogP contribution in [0.1, 0.15) is 27.2 Å². The van der Waals surface area contributed by atoms with Gasteiger partial charge < -0.3 is 14.1 Å². The molecule has 6 nitrogen and oxygen atoms in total. The van der Waals surface area contributed by atoms with E-state index in [4.69, 9.17) is 9.16 Å². The normalized spacial score (nSPS) is 21.7. The van der Waals surface area contributed by atoms with E-state index in [9.17, 15) is 9.59 Å². The molecule has 1 fully saturated rings. The minimum absolute atomic E-state index is 0.00479. The van der Waals surface area contributed by atoms with Gasteiger partial charge in [-0.15, -0.1) is 0 Å². The summed E-state index contributed by atoms with van der Waals surface area (Å²) in [7, 11) is -1.21. The third-order valence-electron chi connectivity index (χ3n) is 5.74. The molecule has 3 atom stereocenters. The summed E-state index contributed by atoms with van der Waals surface area (Å²) in [5, 5.41) is 0. The first-order valence-electron chi connectivity index (χ1n) is 10.7. The highest BCUT2D eigenvalue weighted by Crippen LogP contribution is 2.52. The predicted molar refractivity (Wildman–Crippen MR) is 125 cm³/mol. The number of carbonyl (C=O) groups excluding carboxylic acids is 2. The number of ether oxygens (including phenoxy) is 1. The Morgan fingerprint density at radius 1 is 1.39 bits per heavy atom. The van der Waals surface area contributed by atoms with Crippen molar-refractivity contribution in [1.82, 2.24) is 9.88 Å². The average Bonchev–Trinajstić information content (AvgIpc) is 3.03. The Kier molecular flexibility index (Phi) is 7.44. The number of esters is 1. The summed E-state index contributed by atoms with van der Waals surface area (Å²) >= 11 is 1.50. The maximum Gasteiger partial charge on any atom is 0.356 e. The van der Waals surface area contributed by atoms with Crippen molar-refractivity contribution in [3.05, 3.63) is 47.8 Å².